The first-order valence-corrected chi connectivity index (χ1v) is 14.1. The van der Waals surface area contributed by atoms with Gasteiger partial charge in [0.2, 0.25) is 11.8 Å². The number of carbonyl (C=O) groups is 5. The molecule has 212 valence electrons. The van der Waals surface area contributed by atoms with Gasteiger partial charge in [0.05, 0.1) is 11.1 Å². The van der Waals surface area contributed by atoms with E-state index in [1.807, 2.05) is 20.8 Å². The largest absolute Gasteiger partial charge is 0.444 e. The lowest BCUT2D eigenvalue weighted by Crippen LogP contribution is -2.54. The molecule has 1 N–H and O–H groups in total. The van der Waals surface area contributed by atoms with Crippen molar-refractivity contribution in [3.05, 3.63) is 34.9 Å². The molecular weight excluding hydrogens is 512 g/mol. The van der Waals surface area contributed by atoms with Crippen molar-refractivity contribution >= 4 is 29.7 Å². The van der Waals surface area contributed by atoms with Gasteiger partial charge in [0.15, 0.2) is 0 Å². The second-order valence-corrected chi connectivity index (χ2v) is 12.0. The number of hydrogen-bond acceptors (Lipinski definition) is 7. The number of benzene rings is 1. The van der Waals surface area contributed by atoms with Crippen molar-refractivity contribution in [2.45, 2.75) is 77.0 Å². The average Bonchev–Trinajstić information content (AvgIpc) is 3.17. The Hall–Kier alpha value is -3.71. The lowest BCUT2D eigenvalue weighted by Gasteiger charge is -2.41. The van der Waals surface area contributed by atoms with Crippen molar-refractivity contribution in [1.82, 2.24) is 20.0 Å². The van der Waals surface area contributed by atoms with Crippen molar-refractivity contribution in [2.24, 2.45) is 5.92 Å². The third-order valence-corrected chi connectivity index (χ3v) is 8.04. The topological polar surface area (TPSA) is 116 Å². The number of piperidine rings is 3. The van der Waals surface area contributed by atoms with E-state index in [1.165, 1.54) is 0 Å². The fourth-order valence-electron chi connectivity index (χ4n) is 5.95. The maximum atomic E-state index is 13.3. The molecule has 1 aromatic rings. The molecule has 4 heterocycles. The van der Waals surface area contributed by atoms with Gasteiger partial charge in [-0.15, -0.1) is 0 Å². The Labute approximate surface area is 234 Å². The van der Waals surface area contributed by atoms with E-state index < -0.39 is 35.3 Å². The fourth-order valence-corrected chi connectivity index (χ4v) is 5.95. The van der Waals surface area contributed by atoms with E-state index in [4.69, 9.17) is 4.74 Å². The van der Waals surface area contributed by atoms with Crippen molar-refractivity contribution in [3.63, 3.8) is 0 Å². The standard InChI is InChI=1S/C30H36N4O6/c1-30(2,3)40-29(39)33-17-13-21(14-18-33)32-15-11-19(12-16-32)7-8-20-5-4-6-22-25(20)28(38)34(27(22)37)23-9-10-24(35)31-26(23)36/h4-6,19,21,23H,9-18H2,1-3H3,(H,31,35,36). The number of fused-ring (bicyclic) bond motifs is 1. The molecule has 0 aliphatic carbocycles. The van der Waals surface area contributed by atoms with Gasteiger partial charge in [-0.3, -0.25) is 29.4 Å². The highest BCUT2D eigenvalue weighted by Crippen LogP contribution is 2.30. The number of amides is 5. The third-order valence-electron chi connectivity index (χ3n) is 8.04. The lowest BCUT2D eigenvalue weighted by molar-refractivity contribution is -0.136. The van der Waals surface area contributed by atoms with Crippen LogP contribution in [0.5, 0.6) is 0 Å². The molecule has 0 bridgehead atoms. The molecular formula is C30H36N4O6. The maximum absolute atomic E-state index is 13.3. The minimum absolute atomic E-state index is 0.0814. The molecule has 0 spiro atoms. The van der Waals surface area contributed by atoms with E-state index in [1.54, 1.807) is 23.1 Å². The molecule has 10 nitrogen and oxygen atoms in total. The first-order chi connectivity index (χ1) is 19.0. The van der Waals surface area contributed by atoms with E-state index >= 15 is 0 Å². The minimum atomic E-state index is -0.994. The van der Waals surface area contributed by atoms with E-state index in [0.717, 1.165) is 43.7 Å². The Morgan fingerprint density at radius 2 is 1.65 bits per heavy atom. The summed E-state index contributed by atoms with van der Waals surface area (Å²) in [5.74, 6) is 4.57. The van der Waals surface area contributed by atoms with Crippen LogP contribution in [0.4, 0.5) is 4.79 Å². The zero-order valence-corrected chi connectivity index (χ0v) is 23.3. The number of likely N-dealkylation sites (tertiary alicyclic amines) is 2. The molecule has 1 unspecified atom stereocenters. The second kappa shape index (κ2) is 11.0. The summed E-state index contributed by atoms with van der Waals surface area (Å²) in [7, 11) is 0. The Morgan fingerprint density at radius 3 is 2.30 bits per heavy atom. The molecule has 4 aliphatic heterocycles. The fraction of sp³-hybridized carbons (Fsp3) is 0.567. The zero-order valence-electron chi connectivity index (χ0n) is 23.3. The van der Waals surface area contributed by atoms with Crippen LogP contribution >= 0.6 is 0 Å². The number of carbonyl (C=O) groups excluding carboxylic acids is 5. The van der Waals surface area contributed by atoms with Gasteiger partial charge in [0.1, 0.15) is 11.6 Å². The van der Waals surface area contributed by atoms with Crippen LogP contribution in [0.3, 0.4) is 0 Å². The lowest BCUT2D eigenvalue weighted by atomic mass is 9.93. The first kappa shape index (κ1) is 27.8. The summed E-state index contributed by atoms with van der Waals surface area (Å²) < 4.78 is 5.51. The van der Waals surface area contributed by atoms with E-state index in [2.05, 4.69) is 22.1 Å². The van der Waals surface area contributed by atoms with Gasteiger partial charge in [0.25, 0.3) is 11.8 Å². The summed E-state index contributed by atoms with van der Waals surface area (Å²) in [6.45, 7) is 8.87. The molecule has 0 aromatic heterocycles. The predicted molar refractivity (Wildman–Crippen MR) is 145 cm³/mol. The molecule has 40 heavy (non-hydrogen) atoms. The van der Waals surface area contributed by atoms with Crippen LogP contribution in [0.25, 0.3) is 0 Å². The highest BCUT2D eigenvalue weighted by molar-refractivity contribution is 6.24. The molecule has 0 radical (unpaired) electrons. The van der Waals surface area contributed by atoms with E-state index in [9.17, 15) is 24.0 Å². The summed E-state index contributed by atoms with van der Waals surface area (Å²) in [5.41, 5.74) is 0.474. The van der Waals surface area contributed by atoms with Crippen LogP contribution in [0.1, 0.15) is 85.6 Å². The minimum Gasteiger partial charge on any atom is -0.444 e. The SMILES string of the molecule is CC(C)(C)OC(=O)N1CCC(N2CCC(C#Cc3cccc4c3C(=O)N(C3CCC(=O)NC3=O)C4=O)CC2)CC1. The van der Waals surface area contributed by atoms with Crippen LogP contribution in [0.2, 0.25) is 0 Å². The maximum Gasteiger partial charge on any atom is 0.410 e. The third kappa shape index (κ3) is 5.75. The van der Waals surface area contributed by atoms with Gasteiger partial charge in [-0.25, -0.2) is 4.79 Å². The number of hydrogen-bond donors (Lipinski definition) is 1. The summed E-state index contributed by atoms with van der Waals surface area (Å²) >= 11 is 0. The van der Waals surface area contributed by atoms with Gasteiger partial charge in [0, 0.05) is 37.0 Å². The summed E-state index contributed by atoms with van der Waals surface area (Å²) in [5, 5.41) is 2.22. The van der Waals surface area contributed by atoms with Gasteiger partial charge < -0.3 is 14.5 Å². The number of ether oxygens (including phenoxy) is 1. The number of rotatable bonds is 2. The van der Waals surface area contributed by atoms with Crippen molar-refractivity contribution < 1.29 is 28.7 Å². The molecule has 5 rings (SSSR count). The van der Waals surface area contributed by atoms with Crippen molar-refractivity contribution in [2.75, 3.05) is 26.2 Å². The van der Waals surface area contributed by atoms with Gasteiger partial charge >= 0.3 is 6.09 Å². The predicted octanol–water partition coefficient (Wildman–Crippen LogP) is 2.55. The Balaban J connectivity index is 1.18. The Bertz CT molecular complexity index is 1290. The first-order valence-electron chi connectivity index (χ1n) is 14.1. The quantitative estimate of drug-likeness (QED) is 0.446. The van der Waals surface area contributed by atoms with Crippen LogP contribution in [0.15, 0.2) is 18.2 Å². The van der Waals surface area contributed by atoms with Crippen molar-refractivity contribution in [1.29, 1.82) is 0 Å². The molecule has 1 atom stereocenters. The molecule has 1 aromatic carbocycles. The summed E-state index contributed by atoms with van der Waals surface area (Å²) in [6, 6.07) is 4.46. The number of imide groups is 2. The summed E-state index contributed by atoms with van der Waals surface area (Å²) in [4.78, 5) is 67.9. The molecule has 4 aliphatic rings. The second-order valence-electron chi connectivity index (χ2n) is 12.0. The van der Waals surface area contributed by atoms with E-state index in [0.29, 0.717) is 24.7 Å². The van der Waals surface area contributed by atoms with Crippen LogP contribution in [0, 0.1) is 17.8 Å². The van der Waals surface area contributed by atoms with Crippen molar-refractivity contribution in [3.8, 4) is 11.8 Å². The monoisotopic (exact) mass is 548 g/mol. The highest BCUT2D eigenvalue weighted by atomic mass is 16.6. The smallest absolute Gasteiger partial charge is 0.410 e. The molecule has 3 saturated heterocycles. The zero-order chi connectivity index (χ0) is 28.6. The number of nitrogens with zero attached hydrogens (tertiary/aromatic N) is 3. The van der Waals surface area contributed by atoms with E-state index in [-0.39, 0.29) is 36.0 Å². The van der Waals surface area contributed by atoms with Gasteiger partial charge in [-0.1, -0.05) is 17.9 Å². The molecule has 5 amide bonds. The van der Waals surface area contributed by atoms with Gasteiger partial charge in [-0.05, 0) is 78.1 Å². The van der Waals surface area contributed by atoms with Crippen LogP contribution < -0.4 is 5.32 Å². The molecule has 3 fully saturated rings. The van der Waals surface area contributed by atoms with Crippen LogP contribution in [-0.2, 0) is 14.3 Å². The Kier molecular flexibility index (Phi) is 7.69. The normalized spacial score (nSPS) is 23.0. The van der Waals surface area contributed by atoms with Crippen LogP contribution in [-0.4, -0.2) is 88.3 Å². The highest BCUT2D eigenvalue weighted by Gasteiger charge is 2.45. The van der Waals surface area contributed by atoms with Gasteiger partial charge in [-0.2, -0.15) is 0 Å². The molecule has 10 heteroatoms. The number of nitrogens with one attached hydrogen (secondary N) is 1. The molecule has 0 saturated carbocycles. The summed E-state index contributed by atoms with van der Waals surface area (Å²) in [6.07, 6.45) is 3.62. The Morgan fingerprint density at radius 1 is 0.950 bits per heavy atom. The average molecular weight is 549 g/mol.